The molecule has 0 saturated carbocycles. The summed E-state index contributed by atoms with van der Waals surface area (Å²) < 4.78 is 10.2. The summed E-state index contributed by atoms with van der Waals surface area (Å²) in [6.07, 6.45) is 0.979. The minimum atomic E-state index is -0.917. The molecule has 0 atom stereocenters. The molecule has 20 heavy (non-hydrogen) atoms. The first-order chi connectivity index (χ1) is 9.39. The lowest BCUT2D eigenvalue weighted by molar-refractivity contribution is -0.152. The van der Waals surface area contributed by atoms with E-state index in [9.17, 15) is 9.59 Å². The molecule has 1 saturated heterocycles. The van der Waals surface area contributed by atoms with E-state index in [2.05, 4.69) is 0 Å². The minimum absolute atomic E-state index is 0.0370. The zero-order valence-electron chi connectivity index (χ0n) is 12.7. The Kier molecular flexibility index (Phi) is 6.42. The van der Waals surface area contributed by atoms with Gasteiger partial charge in [0.1, 0.15) is 6.54 Å². The summed E-state index contributed by atoms with van der Waals surface area (Å²) in [5.41, 5.74) is 5.29. The Hall–Kier alpha value is -1.14. The van der Waals surface area contributed by atoms with Gasteiger partial charge in [-0.05, 0) is 25.7 Å². The van der Waals surface area contributed by atoms with Crippen LogP contribution in [0.4, 0.5) is 0 Å². The molecule has 2 N–H and O–H groups in total. The molecule has 1 fully saturated rings. The average molecular weight is 286 g/mol. The van der Waals surface area contributed by atoms with Gasteiger partial charge in [-0.3, -0.25) is 9.59 Å². The standard InChI is InChI=1S/C14H26N2O4/c1-4-20-12(17)10-16(9-11(2)3)13(18)14(15)5-7-19-8-6-14/h11H,4-10,15H2,1-3H3. The first kappa shape index (κ1) is 16.9. The average Bonchev–Trinajstić information content (AvgIpc) is 2.37. The van der Waals surface area contributed by atoms with E-state index in [0.29, 0.717) is 39.2 Å². The molecule has 0 aromatic heterocycles. The van der Waals surface area contributed by atoms with E-state index >= 15 is 0 Å². The second-order valence-corrected chi connectivity index (χ2v) is 5.65. The first-order valence-electron chi connectivity index (χ1n) is 7.20. The number of rotatable bonds is 6. The van der Waals surface area contributed by atoms with Gasteiger partial charge in [0.2, 0.25) is 5.91 Å². The summed E-state index contributed by atoms with van der Waals surface area (Å²) in [4.78, 5) is 25.8. The molecule has 6 nitrogen and oxygen atoms in total. The van der Waals surface area contributed by atoms with Crippen LogP contribution in [0, 0.1) is 5.92 Å². The van der Waals surface area contributed by atoms with Crippen molar-refractivity contribution in [1.29, 1.82) is 0 Å². The van der Waals surface area contributed by atoms with Crippen LogP contribution >= 0.6 is 0 Å². The van der Waals surface area contributed by atoms with Crippen molar-refractivity contribution >= 4 is 11.9 Å². The number of nitrogens with zero attached hydrogens (tertiary/aromatic N) is 1. The van der Waals surface area contributed by atoms with E-state index < -0.39 is 11.5 Å². The Labute approximate surface area is 120 Å². The summed E-state index contributed by atoms with van der Waals surface area (Å²) in [6.45, 7) is 7.48. The molecule has 0 spiro atoms. The third-order valence-electron chi connectivity index (χ3n) is 3.31. The number of hydrogen-bond donors (Lipinski definition) is 1. The normalized spacial score (nSPS) is 17.9. The van der Waals surface area contributed by atoms with Gasteiger partial charge >= 0.3 is 5.97 Å². The van der Waals surface area contributed by atoms with Crippen LogP contribution in [0.2, 0.25) is 0 Å². The predicted molar refractivity (Wildman–Crippen MR) is 75.0 cm³/mol. The molecule has 0 bridgehead atoms. The van der Waals surface area contributed by atoms with Crippen molar-refractivity contribution in [2.45, 2.75) is 39.2 Å². The minimum Gasteiger partial charge on any atom is -0.465 e. The van der Waals surface area contributed by atoms with Crippen LogP contribution < -0.4 is 5.73 Å². The van der Waals surface area contributed by atoms with Crippen LogP contribution in [0.25, 0.3) is 0 Å². The third-order valence-corrected chi connectivity index (χ3v) is 3.31. The van der Waals surface area contributed by atoms with Crippen molar-refractivity contribution < 1.29 is 19.1 Å². The van der Waals surface area contributed by atoms with Crippen molar-refractivity contribution in [2.75, 3.05) is 32.9 Å². The van der Waals surface area contributed by atoms with Gasteiger partial charge in [0.05, 0.1) is 12.1 Å². The molecule has 1 rings (SSSR count). The van der Waals surface area contributed by atoms with Gasteiger partial charge < -0.3 is 20.1 Å². The molecule has 1 heterocycles. The van der Waals surface area contributed by atoms with E-state index in [0.717, 1.165) is 0 Å². The van der Waals surface area contributed by atoms with E-state index in [1.54, 1.807) is 6.92 Å². The van der Waals surface area contributed by atoms with Gasteiger partial charge in [-0.1, -0.05) is 13.8 Å². The Morgan fingerprint density at radius 2 is 1.95 bits per heavy atom. The zero-order chi connectivity index (χ0) is 15.2. The van der Waals surface area contributed by atoms with E-state index in [1.165, 1.54) is 4.90 Å². The SMILES string of the molecule is CCOC(=O)CN(CC(C)C)C(=O)C1(N)CCOCC1. The molecule has 1 aliphatic rings. The summed E-state index contributed by atoms with van der Waals surface area (Å²) in [5, 5.41) is 0. The highest BCUT2D eigenvalue weighted by molar-refractivity contribution is 5.89. The van der Waals surface area contributed by atoms with Crippen molar-refractivity contribution in [1.82, 2.24) is 4.90 Å². The van der Waals surface area contributed by atoms with Gasteiger partial charge in [0, 0.05) is 19.8 Å². The van der Waals surface area contributed by atoms with E-state index in [1.807, 2.05) is 13.8 Å². The third kappa shape index (κ3) is 4.76. The topological polar surface area (TPSA) is 81.9 Å². The lowest BCUT2D eigenvalue weighted by Crippen LogP contribution is -2.59. The second-order valence-electron chi connectivity index (χ2n) is 5.65. The Balaban J connectivity index is 2.75. The fourth-order valence-electron chi connectivity index (χ4n) is 2.29. The molecule has 1 amide bonds. The maximum absolute atomic E-state index is 12.6. The highest BCUT2D eigenvalue weighted by Crippen LogP contribution is 2.21. The highest BCUT2D eigenvalue weighted by atomic mass is 16.5. The number of esters is 1. The van der Waals surface area contributed by atoms with Crippen LogP contribution in [0.3, 0.4) is 0 Å². The zero-order valence-corrected chi connectivity index (χ0v) is 12.7. The fourth-order valence-corrected chi connectivity index (χ4v) is 2.29. The number of carbonyl (C=O) groups is 2. The van der Waals surface area contributed by atoms with E-state index in [-0.39, 0.29) is 18.4 Å². The largest absolute Gasteiger partial charge is 0.465 e. The molecule has 6 heteroatoms. The fraction of sp³-hybridized carbons (Fsp3) is 0.857. The molecule has 116 valence electrons. The van der Waals surface area contributed by atoms with Gasteiger partial charge in [-0.2, -0.15) is 0 Å². The first-order valence-corrected chi connectivity index (χ1v) is 7.20. The molecule has 0 radical (unpaired) electrons. The lowest BCUT2D eigenvalue weighted by atomic mass is 9.89. The Bertz CT molecular complexity index is 338. The number of amides is 1. The monoisotopic (exact) mass is 286 g/mol. The maximum Gasteiger partial charge on any atom is 0.325 e. The number of ether oxygens (including phenoxy) is 2. The summed E-state index contributed by atoms with van der Waals surface area (Å²) in [5.74, 6) is -0.309. The Morgan fingerprint density at radius 1 is 1.35 bits per heavy atom. The lowest BCUT2D eigenvalue weighted by Gasteiger charge is -2.37. The number of carbonyl (C=O) groups excluding carboxylic acids is 2. The number of hydrogen-bond acceptors (Lipinski definition) is 5. The summed E-state index contributed by atoms with van der Waals surface area (Å²) in [7, 11) is 0. The van der Waals surface area contributed by atoms with E-state index in [4.69, 9.17) is 15.2 Å². The Morgan fingerprint density at radius 3 is 2.45 bits per heavy atom. The van der Waals surface area contributed by atoms with Gasteiger partial charge in [-0.15, -0.1) is 0 Å². The highest BCUT2D eigenvalue weighted by Gasteiger charge is 2.39. The quantitative estimate of drug-likeness (QED) is 0.721. The molecule has 0 aliphatic carbocycles. The predicted octanol–water partition coefficient (Wildman–Crippen LogP) is 0.542. The van der Waals surface area contributed by atoms with Gasteiger partial charge in [0.15, 0.2) is 0 Å². The second kappa shape index (κ2) is 7.59. The van der Waals surface area contributed by atoms with Crippen molar-refractivity contribution in [3.05, 3.63) is 0 Å². The van der Waals surface area contributed by atoms with Crippen molar-refractivity contribution in [3.8, 4) is 0 Å². The molecular formula is C14H26N2O4. The van der Waals surface area contributed by atoms with Gasteiger partial charge in [-0.25, -0.2) is 0 Å². The van der Waals surface area contributed by atoms with Gasteiger partial charge in [0.25, 0.3) is 0 Å². The molecule has 0 aromatic carbocycles. The smallest absolute Gasteiger partial charge is 0.325 e. The molecular weight excluding hydrogens is 260 g/mol. The number of nitrogens with two attached hydrogens (primary N) is 1. The molecule has 0 aromatic rings. The summed E-state index contributed by atoms with van der Waals surface area (Å²) >= 11 is 0. The van der Waals surface area contributed by atoms with Crippen LogP contribution in [0.15, 0.2) is 0 Å². The molecule has 1 aliphatic heterocycles. The van der Waals surface area contributed by atoms with Crippen LogP contribution in [-0.2, 0) is 19.1 Å². The maximum atomic E-state index is 12.6. The summed E-state index contributed by atoms with van der Waals surface area (Å²) in [6, 6.07) is 0. The van der Waals surface area contributed by atoms with Crippen LogP contribution in [0.5, 0.6) is 0 Å². The van der Waals surface area contributed by atoms with Crippen LogP contribution in [-0.4, -0.2) is 55.2 Å². The molecule has 0 unspecified atom stereocenters. The van der Waals surface area contributed by atoms with Crippen molar-refractivity contribution in [2.24, 2.45) is 11.7 Å². The van der Waals surface area contributed by atoms with Crippen LogP contribution in [0.1, 0.15) is 33.6 Å². The van der Waals surface area contributed by atoms with Crippen molar-refractivity contribution in [3.63, 3.8) is 0 Å².